The van der Waals surface area contributed by atoms with E-state index in [1.807, 2.05) is 0 Å². The summed E-state index contributed by atoms with van der Waals surface area (Å²) in [7, 11) is 0. The Balaban J connectivity index is 2.92. The molecule has 0 aromatic heterocycles. The molecule has 0 radical (unpaired) electrons. The van der Waals surface area contributed by atoms with Crippen molar-refractivity contribution in [2.45, 2.75) is 54.4 Å². The van der Waals surface area contributed by atoms with Crippen molar-refractivity contribution in [2.24, 2.45) is 16.2 Å². The molecule has 1 aliphatic carbocycles. The summed E-state index contributed by atoms with van der Waals surface area (Å²) in [5.41, 5.74) is 1.43. The van der Waals surface area contributed by atoms with Crippen molar-refractivity contribution in [3.63, 3.8) is 0 Å². The Morgan fingerprint density at radius 3 is 1.17 bits per heavy atom. The van der Waals surface area contributed by atoms with Crippen LogP contribution in [0.1, 0.15) is 54.4 Å². The van der Waals surface area contributed by atoms with Crippen LogP contribution in [-0.4, -0.2) is 0 Å². The summed E-state index contributed by atoms with van der Waals surface area (Å²) < 4.78 is 0. The molecular weight excluding hydrogens is 144 g/mol. The lowest BCUT2D eigenvalue weighted by atomic mass is 9.45. The molecule has 1 rings (SSSR count). The number of hydrogen-bond donors (Lipinski definition) is 0. The molecule has 0 N–H and O–H groups in total. The van der Waals surface area contributed by atoms with E-state index in [-0.39, 0.29) is 0 Å². The molecule has 0 aromatic rings. The minimum atomic E-state index is 0.444. The third-order valence-electron chi connectivity index (χ3n) is 3.86. The molecule has 72 valence electrons. The van der Waals surface area contributed by atoms with Gasteiger partial charge in [-0.3, -0.25) is 0 Å². The van der Waals surface area contributed by atoms with Crippen LogP contribution in [0.2, 0.25) is 0 Å². The second-order valence-electron chi connectivity index (χ2n) is 6.28. The zero-order valence-electron chi connectivity index (χ0n) is 9.49. The van der Waals surface area contributed by atoms with Crippen molar-refractivity contribution < 1.29 is 0 Å². The fourth-order valence-electron chi connectivity index (χ4n) is 2.78. The molecule has 0 amide bonds. The minimum absolute atomic E-state index is 0.444. The summed E-state index contributed by atoms with van der Waals surface area (Å²) in [6.07, 6.45) is 5.04. The van der Waals surface area contributed by atoms with E-state index in [2.05, 4.69) is 48.0 Å². The largest absolute Gasteiger partial charge is 0.328 e. The molecule has 0 atom stereocenters. The molecule has 0 unspecified atom stereocenters. The van der Waals surface area contributed by atoms with Gasteiger partial charge >= 0.3 is 0 Å². The van der Waals surface area contributed by atoms with E-state index < -0.39 is 0 Å². The van der Waals surface area contributed by atoms with E-state index in [1.165, 1.54) is 12.8 Å². The zero-order chi connectivity index (χ0) is 9.62. The lowest BCUT2D eigenvalue weighted by molar-refractivity contribution is -0.0710. The highest BCUT2D eigenvalue weighted by Gasteiger charge is 2.48. The Hall–Kier alpha value is 0. The fraction of sp³-hybridized carbons (Fsp3) is 0.917. The Labute approximate surface area is 77.7 Å². The SMILES string of the molecule is CC(C)(C)C1(C(C)(C)C)C[CH-]C1. The van der Waals surface area contributed by atoms with Gasteiger partial charge in [-0.2, -0.15) is 12.8 Å². The quantitative estimate of drug-likeness (QED) is 0.477. The van der Waals surface area contributed by atoms with Crippen molar-refractivity contribution in [3.05, 3.63) is 6.42 Å². The van der Waals surface area contributed by atoms with Gasteiger partial charge in [0.05, 0.1) is 0 Å². The van der Waals surface area contributed by atoms with Crippen LogP contribution in [0.15, 0.2) is 0 Å². The smallest absolute Gasteiger partial charge is 0.0370 e. The standard InChI is InChI=1S/C12H23/c1-10(2,3)12(8-7-9-12)11(4,5)6/h7H,8-9H2,1-6H3/q-1. The van der Waals surface area contributed by atoms with E-state index in [4.69, 9.17) is 0 Å². The lowest BCUT2D eigenvalue weighted by Gasteiger charge is -2.66. The molecule has 0 aromatic carbocycles. The second-order valence-corrected chi connectivity index (χ2v) is 6.28. The normalized spacial score (nSPS) is 23.5. The maximum absolute atomic E-state index is 2.43. The van der Waals surface area contributed by atoms with Gasteiger partial charge in [0, 0.05) is 0 Å². The molecule has 0 saturated heterocycles. The van der Waals surface area contributed by atoms with Gasteiger partial charge in [0.15, 0.2) is 0 Å². The summed E-state index contributed by atoms with van der Waals surface area (Å²) in [6.45, 7) is 14.3. The summed E-state index contributed by atoms with van der Waals surface area (Å²) in [4.78, 5) is 0. The number of rotatable bonds is 0. The van der Waals surface area contributed by atoms with Gasteiger partial charge < -0.3 is 6.42 Å². The Kier molecular flexibility index (Phi) is 2.10. The summed E-state index contributed by atoms with van der Waals surface area (Å²) in [6, 6.07) is 0. The van der Waals surface area contributed by atoms with E-state index in [0.29, 0.717) is 16.2 Å². The van der Waals surface area contributed by atoms with Crippen LogP contribution in [0.5, 0.6) is 0 Å². The zero-order valence-corrected chi connectivity index (χ0v) is 9.49. The second kappa shape index (κ2) is 2.49. The molecule has 1 saturated carbocycles. The van der Waals surface area contributed by atoms with Crippen molar-refractivity contribution in [1.29, 1.82) is 0 Å². The Morgan fingerprint density at radius 1 is 0.833 bits per heavy atom. The van der Waals surface area contributed by atoms with Crippen molar-refractivity contribution in [3.8, 4) is 0 Å². The predicted molar refractivity (Wildman–Crippen MR) is 54.9 cm³/mol. The summed E-state index contributed by atoms with van der Waals surface area (Å²) in [5, 5.41) is 0. The third-order valence-corrected chi connectivity index (χ3v) is 3.86. The molecular formula is C12H23-. The summed E-state index contributed by atoms with van der Waals surface area (Å²) in [5.74, 6) is 0. The van der Waals surface area contributed by atoms with Crippen molar-refractivity contribution in [2.75, 3.05) is 0 Å². The average Bonchev–Trinajstić information content (AvgIpc) is 1.47. The molecule has 12 heavy (non-hydrogen) atoms. The highest BCUT2D eigenvalue weighted by atomic mass is 14.6. The Bertz CT molecular complexity index is 143. The van der Waals surface area contributed by atoms with Crippen LogP contribution < -0.4 is 0 Å². The van der Waals surface area contributed by atoms with E-state index >= 15 is 0 Å². The van der Waals surface area contributed by atoms with Gasteiger partial charge in [-0.15, -0.1) is 0 Å². The minimum Gasteiger partial charge on any atom is -0.328 e. The maximum Gasteiger partial charge on any atom is -0.0370 e. The first-order valence-electron chi connectivity index (χ1n) is 5.02. The third kappa shape index (κ3) is 1.20. The highest BCUT2D eigenvalue weighted by molar-refractivity contribution is 5.10. The maximum atomic E-state index is 2.43. The van der Waals surface area contributed by atoms with E-state index in [1.54, 1.807) is 0 Å². The molecule has 0 aliphatic heterocycles. The van der Waals surface area contributed by atoms with Crippen LogP contribution in [0, 0.1) is 22.7 Å². The van der Waals surface area contributed by atoms with E-state index in [0.717, 1.165) is 0 Å². The van der Waals surface area contributed by atoms with Gasteiger partial charge in [-0.05, 0) is 10.8 Å². The molecule has 0 heterocycles. The Morgan fingerprint density at radius 2 is 1.17 bits per heavy atom. The molecule has 1 aliphatic rings. The summed E-state index contributed by atoms with van der Waals surface area (Å²) >= 11 is 0. The van der Waals surface area contributed by atoms with Crippen molar-refractivity contribution in [1.82, 2.24) is 0 Å². The molecule has 1 fully saturated rings. The van der Waals surface area contributed by atoms with Gasteiger partial charge in [-0.25, -0.2) is 0 Å². The topological polar surface area (TPSA) is 0 Å². The molecule has 0 bridgehead atoms. The highest BCUT2D eigenvalue weighted by Crippen LogP contribution is 2.62. The van der Waals surface area contributed by atoms with Crippen LogP contribution in [0.25, 0.3) is 0 Å². The molecule has 0 heteroatoms. The van der Waals surface area contributed by atoms with Crippen LogP contribution in [-0.2, 0) is 0 Å². The molecule has 0 nitrogen and oxygen atoms in total. The van der Waals surface area contributed by atoms with Gasteiger partial charge in [0.25, 0.3) is 0 Å². The van der Waals surface area contributed by atoms with Gasteiger partial charge in [0.1, 0.15) is 0 Å². The predicted octanol–water partition coefficient (Wildman–Crippen LogP) is 4.06. The lowest BCUT2D eigenvalue weighted by Crippen LogP contribution is -2.51. The first kappa shape index (κ1) is 10.1. The van der Waals surface area contributed by atoms with Gasteiger partial charge in [0.2, 0.25) is 0 Å². The molecule has 0 spiro atoms. The van der Waals surface area contributed by atoms with Crippen molar-refractivity contribution >= 4 is 0 Å². The number of hydrogen-bond acceptors (Lipinski definition) is 0. The van der Waals surface area contributed by atoms with Crippen LogP contribution in [0.3, 0.4) is 0 Å². The van der Waals surface area contributed by atoms with Crippen LogP contribution >= 0.6 is 0 Å². The van der Waals surface area contributed by atoms with Crippen LogP contribution in [0.4, 0.5) is 0 Å². The first-order valence-corrected chi connectivity index (χ1v) is 5.02. The first-order chi connectivity index (χ1) is 5.21. The fourth-order valence-corrected chi connectivity index (χ4v) is 2.78. The monoisotopic (exact) mass is 167 g/mol. The van der Waals surface area contributed by atoms with E-state index in [9.17, 15) is 0 Å². The van der Waals surface area contributed by atoms with Gasteiger partial charge in [-0.1, -0.05) is 47.0 Å². The average molecular weight is 167 g/mol.